The number of benzene rings is 1. The van der Waals surface area contributed by atoms with Gasteiger partial charge in [-0.1, -0.05) is 6.07 Å². The highest BCUT2D eigenvalue weighted by Crippen LogP contribution is 2.22. The summed E-state index contributed by atoms with van der Waals surface area (Å²) in [5.74, 6) is -2.10. The number of carboxylic acid groups (broad SMARTS) is 1. The number of Topliss-reactive ketones (excluding diaryl/α,β-unsaturated/α-hetero) is 1. The topological polar surface area (TPSA) is 57.6 Å². The normalized spacial score (nSPS) is 9.94. The molecule has 86 valence electrons. The zero-order valence-corrected chi connectivity index (χ0v) is 9.03. The van der Waals surface area contributed by atoms with E-state index in [1.165, 1.54) is 37.1 Å². The van der Waals surface area contributed by atoms with Crippen LogP contribution in [0.3, 0.4) is 0 Å². The summed E-state index contributed by atoms with van der Waals surface area (Å²) in [7, 11) is 1.50. The molecule has 0 unspecified atom stereocenters. The minimum atomic E-state index is -1.04. The maximum Gasteiger partial charge on any atom is 0.323 e. The third kappa shape index (κ3) is 2.56. The first-order valence-corrected chi connectivity index (χ1v) is 4.66. The molecule has 0 fully saturated rings. The number of aliphatic carboxylic acids is 1. The predicted molar refractivity (Wildman–Crippen MR) is 57.3 cm³/mol. The Morgan fingerprint density at radius 2 is 2.06 bits per heavy atom. The highest BCUT2D eigenvalue weighted by atomic mass is 19.1. The first-order chi connectivity index (χ1) is 7.43. The number of ketones is 1. The molecule has 0 bridgehead atoms. The molecule has 0 spiro atoms. The number of likely N-dealkylation sites (N-methyl/N-ethyl adjacent to an activating group) is 1. The Kier molecular flexibility index (Phi) is 3.60. The van der Waals surface area contributed by atoms with E-state index >= 15 is 0 Å². The van der Waals surface area contributed by atoms with Gasteiger partial charge in [-0.3, -0.25) is 9.59 Å². The smallest absolute Gasteiger partial charge is 0.323 e. The number of rotatable bonds is 4. The quantitative estimate of drug-likeness (QED) is 0.790. The van der Waals surface area contributed by atoms with Gasteiger partial charge >= 0.3 is 5.97 Å². The number of carbonyl (C=O) groups is 2. The number of carboxylic acids is 1. The molecule has 16 heavy (non-hydrogen) atoms. The minimum Gasteiger partial charge on any atom is -0.480 e. The van der Waals surface area contributed by atoms with Gasteiger partial charge < -0.3 is 10.0 Å². The van der Waals surface area contributed by atoms with Gasteiger partial charge in [-0.25, -0.2) is 4.39 Å². The molecule has 0 saturated heterocycles. The van der Waals surface area contributed by atoms with Crippen LogP contribution in [-0.4, -0.2) is 30.5 Å². The van der Waals surface area contributed by atoms with E-state index in [0.29, 0.717) is 0 Å². The van der Waals surface area contributed by atoms with Crippen LogP contribution in [0.1, 0.15) is 17.3 Å². The van der Waals surface area contributed by atoms with Gasteiger partial charge in [-0.2, -0.15) is 0 Å². The van der Waals surface area contributed by atoms with Gasteiger partial charge in [0, 0.05) is 7.05 Å². The molecule has 1 aromatic carbocycles. The van der Waals surface area contributed by atoms with Gasteiger partial charge in [0.05, 0.1) is 11.3 Å². The van der Waals surface area contributed by atoms with Crippen LogP contribution in [0.25, 0.3) is 0 Å². The molecule has 0 radical (unpaired) electrons. The molecule has 0 aliphatic rings. The molecule has 0 aromatic heterocycles. The summed E-state index contributed by atoms with van der Waals surface area (Å²) in [5, 5.41) is 8.62. The van der Waals surface area contributed by atoms with Crippen LogP contribution in [0.5, 0.6) is 0 Å². The van der Waals surface area contributed by atoms with Gasteiger partial charge in [-0.15, -0.1) is 0 Å². The molecule has 0 heterocycles. The van der Waals surface area contributed by atoms with Crippen molar-refractivity contribution in [2.24, 2.45) is 0 Å². The zero-order valence-electron chi connectivity index (χ0n) is 9.03. The second-order valence-electron chi connectivity index (χ2n) is 3.44. The van der Waals surface area contributed by atoms with Crippen molar-refractivity contribution in [3.63, 3.8) is 0 Å². The first-order valence-electron chi connectivity index (χ1n) is 4.66. The van der Waals surface area contributed by atoms with Crippen molar-refractivity contribution in [1.82, 2.24) is 0 Å². The maximum absolute atomic E-state index is 13.4. The average molecular weight is 225 g/mol. The monoisotopic (exact) mass is 225 g/mol. The van der Waals surface area contributed by atoms with Crippen LogP contribution in [0.15, 0.2) is 18.2 Å². The van der Waals surface area contributed by atoms with Crippen molar-refractivity contribution in [2.75, 3.05) is 18.5 Å². The molecule has 0 aliphatic carbocycles. The SMILES string of the molecule is CC(=O)c1c(F)cccc1N(C)CC(=O)O. The maximum atomic E-state index is 13.4. The second kappa shape index (κ2) is 4.74. The summed E-state index contributed by atoms with van der Waals surface area (Å²) in [6.45, 7) is 0.959. The van der Waals surface area contributed by atoms with E-state index in [1.54, 1.807) is 0 Å². The summed E-state index contributed by atoms with van der Waals surface area (Å²) in [4.78, 5) is 23.1. The van der Waals surface area contributed by atoms with E-state index in [0.717, 1.165) is 0 Å². The van der Waals surface area contributed by atoms with E-state index in [-0.39, 0.29) is 17.8 Å². The van der Waals surface area contributed by atoms with Crippen LogP contribution in [0.2, 0.25) is 0 Å². The fraction of sp³-hybridized carbons (Fsp3) is 0.273. The number of nitrogens with zero attached hydrogens (tertiary/aromatic N) is 1. The van der Waals surface area contributed by atoms with E-state index in [9.17, 15) is 14.0 Å². The third-order valence-electron chi connectivity index (χ3n) is 2.13. The van der Waals surface area contributed by atoms with E-state index in [4.69, 9.17) is 5.11 Å². The van der Waals surface area contributed by atoms with Crippen LogP contribution in [0, 0.1) is 5.82 Å². The lowest BCUT2D eigenvalue weighted by atomic mass is 10.1. The zero-order chi connectivity index (χ0) is 12.3. The second-order valence-corrected chi connectivity index (χ2v) is 3.44. The standard InChI is InChI=1S/C11H12FNO3/c1-7(14)11-8(12)4-3-5-9(11)13(2)6-10(15)16/h3-5H,6H2,1-2H3,(H,15,16). The largest absolute Gasteiger partial charge is 0.480 e. The number of anilines is 1. The lowest BCUT2D eigenvalue weighted by molar-refractivity contribution is -0.135. The molecule has 0 atom stereocenters. The van der Waals surface area contributed by atoms with E-state index in [2.05, 4.69) is 0 Å². The van der Waals surface area contributed by atoms with Crippen molar-refractivity contribution in [3.05, 3.63) is 29.6 Å². The molecular formula is C11H12FNO3. The van der Waals surface area contributed by atoms with Crippen LogP contribution in [-0.2, 0) is 4.79 Å². The summed E-state index contributed by atoms with van der Waals surface area (Å²) in [5.41, 5.74) is 0.209. The van der Waals surface area contributed by atoms with Crippen LogP contribution in [0.4, 0.5) is 10.1 Å². The molecule has 0 aliphatic heterocycles. The molecule has 4 nitrogen and oxygen atoms in total. The van der Waals surface area contributed by atoms with Crippen molar-refractivity contribution in [1.29, 1.82) is 0 Å². The summed E-state index contributed by atoms with van der Waals surface area (Å²) < 4.78 is 13.4. The van der Waals surface area contributed by atoms with Crippen molar-refractivity contribution < 1.29 is 19.1 Å². The Labute approximate surface area is 92.3 Å². The van der Waals surface area contributed by atoms with Crippen LogP contribution >= 0.6 is 0 Å². The highest BCUT2D eigenvalue weighted by Gasteiger charge is 2.16. The molecule has 0 saturated carbocycles. The lowest BCUT2D eigenvalue weighted by Crippen LogP contribution is -2.26. The summed E-state index contributed by atoms with van der Waals surface area (Å²) in [6.07, 6.45) is 0. The van der Waals surface area contributed by atoms with Gasteiger partial charge in [0.1, 0.15) is 12.4 Å². The minimum absolute atomic E-state index is 0.0775. The molecule has 5 heteroatoms. The van der Waals surface area contributed by atoms with E-state index in [1.807, 2.05) is 0 Å². The number of hydrogen-bond donors (Lipinski definition) is 1. The molecule has 1 N–H and O–H groups in total. The first kappa shape index (κ1) is 12.2. The van der Waals surface area contributed by atoms with Crippen molar-refractivity contribution >= 4 is 17.4 Å². The summed E-state index contributed by atoms with van der Waals surface area (Å²) >= 11 is 0. The molecule has 1 aromatic rings. The third-order valence-corrected chi connectivity index (χ3v) is 2.13. The number of carbonyl (C=O) groups excluding carboxylic acids is 1. The number of hydrogen-bond acceptors (Lipinski definition) is 3. The van der Waals surface area contributed by atoms with Crippen molar-refractivity contribution in [2.45, 2.75) is 6.92 Å². The molecule has 1 rings (SSSR count). The Hall–Kier alpha value is -1.91. The molecular weight excluding hydrogens is 213 g/mol. The Balaban J connectivity index is 3.17. The van der Waals surface area contributed by atoms with Gasteiger partial charge in [0.25, 0.3) is 0 Å². The fourth-order valence-corrected chi connectivity index (χ4v) is 1.47. The number of halogens is 1. The Morgan fingerprint density at radius 3 is 2.56 bits per heavy atom. The Bertz CT molecular complexity index is 431. The average Bonchev–Trinajstić information content (AvgIpc) is 2.15. The molecule has 0 amide bonds. The summed E-state index contributed by atoms with van der Waals surface area (Å²) in [6, 6.07) is 4.13. The highest BCUT2D eigenvalue weighted by molar-refractivity contribution is 6.00. The van der Waals surface area contributed by atoms with Crippen LogP contribution < -0.4 is 4.90 Å². The van der Waals surface area contributed by atoms with Gasteiger partial charge in [0.2, 0.25) is 0 Å². The predicted octanol–water partition coefficient (Wildman–Crippen LogP) is 1.55. The van der Waals surface area contributed by atoms with E-state index < -0.39 is 17.6 Å². The Morgan fingerprint density at radius 1 is 1.44 bits per heavy atom. The van der Waals surface area contributed by atoms with Crippen molar-refractivity contribution in [3.8, 4) is 0 Å². The van der Waals surface area contributed by atoms with Gasteiger partial charge in [-0.05, 0) is 19.1 Å². The lowest BCUT2D eigenvalue weighted by Gasteiger charge is -2.19. The van der Waals surface area contributed by atoms with Gasteiger partial charge in [0.15, 0.2) is 5.78 Å². The fourth-order valence-electron chi connectivity index (χ4n) is 1.47.